The number of thiazole rings is 1. The molecule has 174 valence electrons. The molecule has 1 aromatic heterocycles. The van der Waals surface area contributed by atoms with Crippen LogP contribution in [0.2, 0.25) is 0 Å². The second kappa shape index (κ2) is 10.9. The number of aromatic nitrogens is 1. The fourth-order valence-electron chi connectivity index (χ4n) is 3.66. The van der Waals surface area contributed by atoms with Crippen molar-refractivity contribution in [3.63, 3.8) is 0 Å². The van der Waals surface area contributed by atoms with Crippen molar-refractivity contribution in [1.29, 1.82) is 0 Å². The summed E-state index contributed by atoms with van der Waals surface area (Å²) < 4.78 is 16.3. The molecular formula is C27H26N2O4S. The number of hydrogen-bond acceptors (Lipinski definition) is 6. The van der Waals surface area contributed by atoms with Gasteiger partial charge in [-0.2, -0.15) is 0 Å². The van der Waals surface area contributed by atoms with Crippen molar-refractivity contribution in [2.45, 2.75) is 6.42 Å². The molecule has 7 heteroatoms. The lowest BCUT2D eigenvalue weighted by Crippen LogP contribution is -2.33. The normalized spacial score (nSPS) is 10.6. The largest absolute Gasteiger partial charge is 0.493 e. The number of hydrogen-bond donors (Lipinski definition) is 0. The van der Waals surface area contributed by atoms with E-state index in [1.165, 1.54) is 32.7 Å². The quantitative estimate of drug-likeness (QED) is 0.310. The Morgan fingerprint density at radius 2 is 1.50 bits per heavy atom. The average molecular weight is 475 g/mol. The Bertz CT molecular complexity index is 1220. The highest BCUT2D eigenvalue weighted by Gasteiger charge is 2.24. The summed E-state index contributed by atoms with van der Waals surface area (Å²) in [6.45, 7) is 0.473. The Kier molecular flexibility index (Phi) is 7.44. The van der Waals surface area contributed by atoms with E-state index >= 15 is 0 Å². The zero-order valence-corrected chi connectivity index (χ0v) is 20.2. The van der Waals surface area contributed by atoms with Gasteiger partial charge in [0.1, 0.15) is 0 Å². The lowest BCUT2D eigenvalue weighted by molar-refractivity contribution is 0.0986. The van der Waals surface area contributed by atoms with Crippen molar-refractivity contribution in [1.82, 2.24) is 4.98 Å². The molecule has 0 atom stereocenters. The molecule has 0 bridgehead atoms. The molecule has 0 unspecified atom stereocenters. The number of benzene rings is 3. The second-order valence-corrected chi connectivity index (χ2v) is 8.32. The fraction of sp³-hybridized carbons (Fsp3) is 0.185. The Morgan fingerprint density at radius 3 is 2.09 bits per heavy atom. The maximum absolute atomic E-state index is 13.8. The fourth-order valence-corrected chi connectivity index (χ4v) is 4.52. The van der Waals surface area contributed by atoms with E-state index in [2.05, 4.69) is 12.1 Å². The van der Waals surface area contributed by atoms with E-state index < -0.39 is 0 Å². The van der Waals surface area contributed by atoms with Gasteiger partial charge in [-0.15, -0.1) is 11.3 Å². The molecule has 0 saturated heterocycles. The zero-order chi connectivity index (χ0) is 23.9. The number of anilines is 1. The van der Waals surface area contributed by atoms with Gasteiger partial charge in [-0.3, -0.25) is 9.69 Å². The average Bonchev–Trinajstić information content (AvgIpc) is 3.39. The Balaban J connectivity index is 1.71. The minimum absolute atomic E-state index is 0.191. The lowest BCUT2D eigenvalue weighted by Gasteiger charge is -2.21. The highest BCUT2D eigenvalue weighted by molar-refractivity contribution is 7.14. The molecule has 0 N–H and O–H groups in total. The molecule has 0 radical (unpaired) electrons. The first-order chi connectivity index (χ1) is 16.6. The summed E-state index contributed by atoms with van der Waals surface area (Å²) in [4.78, 5) is 20.3. The molecule has 34 heavy (non-hydrogen) atoms. The number of rotatable bonds is 9. The van der Waals surface area contributed by atoms with Crippen LogP contribution in [0.3, 0.4) is 0 Å². The molecule has 1 amide bonds. The molecule has 0 fully saturated rings. The summed E-state index contributed by atoms with van der Waals surface area (Å²) in [7, 11) is 4.60. The topological polar surface area (TPSA) is 60.9 Å². The van der Waals surface area contributed by atoms with Gasteiger partial charge < -0.3 is 14.2 Å². The van der Waals surface area contributed by atoms with Crippen molar-refractivity contribution in [2.75, 3.05) is 32.8 Å². The third-order valence-corrected chi connectivity index (χ3v) is 6.28. The number of carbonyl (C=O) groups is 1. The maximum atomic E-state index is 13.8. The molecule has 0 aliphatic carbocycles. The predicted octanol–water partition coefficient (Wildman–Crippen LogP) is 5.73. The first-order valence-electron chi connectivity index (χ1n) is 10.8. The third-order valence-electron chi connectivity index (χ3n) is 5.42. The van der Waals surface area contributed by atoms with Crippen LogP contribution in [0.1, 0.15) is 15.9 Å². The van der Waals surface area contributed by atoms with Crippen LogP contribution < -0.4 is 19.1 Å². The molecule has 4 rings (SSSR count). The Hall–Kier alpha value is -3.84. The van der Waals surface area contributed by atoms with E-state index in [1.54, 1.807) is 17.0 Å². The summed E-state index contributed by atoms with van der Waals surface area (Å²) >= 11 is 1.44. The zero-order valence-electron chi connectivity index (χ0n) is 19.4. The van der Waals surface area contributed by atoms with Crippen molar-refractivity contribution in [3.8, 4) is 28.5 Å². The Labute approximate surface area is 203 Å². The minimum Gasteiger partial charge on any atom is -0.493 e. The van der Waals surface area contributed by atoms with Gasteiger partial charge in [0.15, 0.2) is 16.6 Å². The van der Waals surface area contributed by atoms with E-state index in [4.69, 9.17) is 19.2 Å². The molecular weight excluding hydrogens is 448 g/mol. The lowest BCUT2D eigenvalue weighted by atomic mass is 10.1. The monoisotopic (exact) mass is 474 g/mol. The van der Waals surface area contributed by atoms with Crippen LogP contribution >= 0.6 is 11.3 Å². The van der Waals surface area contributed by atoms with E-state index in [9.17, 15) is 4.79 Å². The van der Waals surface area contributed by atoms with E-state index in [0.717, 1.165) is 16.8 Å². The van der Waals surface area contributed by atoms with Crippen LogP contribution in [0.5, 0.6) is 17.2 Å². The van der Waals surface area contributed by atoms with Crippen molar-refractivity contribution < 1.29 is 19.0 Å². The summed E-state index contributed by atoms with van der Waals surface area (Å²) in [6, 6.07) is 23.4. The molecule has 0 aliphatic heterocycles. The SMILES string of the molecule is COc1cc(C(=O)N(CCc2ccccc2)c2nc(-c3ccccc3)cs2)cc(OC)c1OC. The van der Waals surface area contributed by atoms with Gasteiger partial charge in [0.05, 0.1) is 27.0 Å². The highest BCUT2D eigenvalue weighted by atomic mass is 32.1. The van der Waals surface area contributed by atoms with Gasteiger partial charge in [0.25, 0.3) is 5.91 Å². The number of methoxy groups -OCH3 is 3. The van der Waals surface area contributed by atoms with Crippen molar-refractivity contribution in [2.24, 2.45) is 0 Å². The van der Waals surface area contributed by atoms with E-state index in [-0.39, 0.29) is 5.91 Å². The minimum atomic E-state index is -0.191. The first-order valence-corrected chi connectivity index (χ1v) is 11.7. The van der Waals surface area contributed by atoms with Crippen LogP contribution in [0.4, 0.5) is 5.13 Å². The summed E-state index contributed by atoms with van der Waals surface area (Å²) in [6.07, 6.45) is 0.692. The van der Waals surface area contributed by atoms with E-state index in [0.29, 0.717) is 40.9 Å². The Morgan fingerprint density at radius 1 is 0.882 bits per heavy atom. The number of amides is 1. The van der Waals surface area contributed by atoms with Gasteiger partial charge >= 0.3 is 0 Å². The van der Waals surface area contributed by atoms with Crippen LogP contribution in [0.25, 0.3) is 11.3 Å². The molecule has 3 aromatic carbocycles. The number of nitrogens with zero attached hydrogens (tertiary/aromatic N) is 2. The third kappa shape index (κ3) is 5.05. The van der Waals surface area contributed by atoms with Gasteiger partial charge in [-0.25, -0.2) is 4.98 Å². The molecule has 4 aromatic rings. The van der Waals surface area contributed by atoms with Crippen LogP contribution in [-0.2, 0) is 6.42 Å². The number of carbonyl (C=O) groups excluding carboxylic acids is 1. The number of ether oxygens (including phenoxy) is 3. The maximum Gasteiger partial charge on any atom is 0.260 e. The standard InChI is InChI=1S/C27H26N2O4S/c1-31-23-16-21(17-24(32-2)25(23)33-3)26(30)29(15-14-19-10-6-4-7-11-19)27-28-22(18-34-27)20-12-8-5-9-13-20/h4-13,16-18H,14-15H2,1-3H3. The molecule has 0 spiro atoms. The molecule has 0 saturated carbocycles. The van der Waals surface area contributed by atoms with Crippen molar-refractivity contribution in [3.05, 3.63) is 89.3 Å². The molecule has 1 heterocycles. The molecule has 6 nitrogen and oxygen atoms in total. The van der Waals surface area contributed by atoms with Gasteiger partial charge in [-0.1, -0.05) is 60.7 Å². The van der Waals surface area contributed by atoms with Crippen LogP contribution in [0, 0.1) is 0 Å². The first kappa shape index (κ1) is 23.3. The smallest absolute Gasteiger partial charge is 0.260 e. The van der Waals surface area contributed by atoms with Crippen LogP contribution in [-0.4, -0.2) is 38.8 Å². The van der Waals surface area contributed by atoms with Gasteiger partial charge in [0.2, 0.25) is 5.75 Å². The molecule has 0 aliphatic rings. The van der Waals surface area contributed by atoms with Crippen molar-refractivity contribution >= 4 is 22.4 Å². The summed E-state index contributed by atoms with van der Waals surface area (Å²) in [5.41, 5.74) is 3.42. The summed E-state index contributed by atoms with van der Waals surface area (Å²) in [5.74, 6) is 1.11. The predicted molar refractivity (Wildman–Crippen MR) is 135 cm³/mol. The van der Waals surface area contributed by atoms with Crippen LogP contribution in [0.15, 0.2) is 78.2 Å². The second-order valence-electron chi connectivity index (χ2n) is 7.49. The summed E-state index contributed by atoms with van der Waals surface area (Å²) in [5, 5.41) is 2.61. The van der Waals surface area contributed by atoms with Gasteiger partial charge in [0, 0.05) is 23.1 Å². The highest BCUT2D eigenvalue weighted by Crippen LogP contribution is 2.39. The van der Waals surface area contributed by atoms with Gasteiger partial charge in [-0.05, 0) is 24.1 Å². The van der Waals surface area contributed by atoms with E-state index in [1.807, 2.05) is 53.9 Å².